The number of likely N-dealkylation sites (N-methyl/N-ethyl adjacent to an activating group) is 1. The zero-order valence-corrected chi connectivity index (χ0v) is 16.5. The first-order chi connectivity index (χ1) is 13.9. The lowest BCUT2D eigenvalue weighted by Crippen LogP contribution is -2.19. The molecule has 0 aliphatic rings. The lowest BCUT2D eigenvalue weighted by Gasteiger charge is -2.12. The third kappa shape index (κ3) is 5.48. The van der Waals surface area contributed by atoms with Crippen LogP contribution in [0.25, 0.3) is 11.1 Å². The number of nitrogens with zero attached hydrogens (tertiary/aromatic N) is 1. The fourth-order valence-electron chi connectivity index (χ4n) is 3.00. The normalized spacial score (nSPS) is 10.9. The minimum Gasteiger partial charge on any atom is -0.492 e. The number of Topliss-reactive ketones (excluding diaryl/α,β-unsaturated/α-hetero) is 1. The molecule has 3 aromatic carbocycles. The number of hydrogen-bond donors (Lipinski definition) is 0. The number of carbonyl (C=O) groups is 1. The number of hydrogen-bond acceptors (Lipinski definition) is 3. The second-order valence-corrected chi connectivity index (χ2v) is 7.06. The molecule has 150 valence electrons. The summed E-state index contributed by atoms with van der Waals surface area (Å²) in [5, 5.41) is 0. The molecule has 0 aliphatic heterocycles. The highest BCUT2D eigenvalue weighted by Crippen LogP contribution is 2.28. The molecule has 0 spiro atoms. The molecule has 3 rings (SSSR count). The Balaban J connectivity index is 1.74. The van der Waals surface area contributed by atoms with E-state index in [2.05, 4.69) is 0 Å². The van der Waals surface area contributed by atoms with Crippen molar-refractivity contribution in [2.24, 2.45) is 0 Å². The van der Waals surface area contributed by atoms with Crippen LogP contribution in [-0.2, 0) is 6.42 Å². The minimum atomic E-state index is -0.649. The summed E-state index contributed by atoms with van der Waals surface area (Å²) in [5.74, 6) is -0.659. The number of benzene rings is 3. The van der Waals surface area contributed by atoms with Crippen LogP contribution < -0.4 is 4.74 Å². The Morgan fingerprint density at radius 1 is 0.931 bits per heavy atom. The highest BCUT2D eigenvalue weighted by molar-refractivity contribution is 5.98. The predicted octanol–water partition coefficient (Wildman–Crippen LogP) is 5.00. The zero-order chi connectivity index (χ0) is 20.8. The fourth-order valence-corrected chi connectivity index (χ4v) is 3.00. The monoisotopic (exact) mass is 395 g/mol. The molecule has 0 aliphatic carbocycles. The predicted molar refractivity (Wildman–Crippen MR) is 110 cm³/mol. The van der Waals surface area contributed by atoms with Gasteiger partial charge in [-0.15, -0.1) is 0 Å². The Hall–Kier alpha value is -3.05. The van der Waals surface area contributed by atoms with Gasteiger partial charge in [-0.2, -0.15) is 0 Å². The molecule has 0 aromatic heterocycles. The van der Waals surface area contributed by atoms with Gasteiger partial charge in [-0.05, 0) is 61.6 Å². The van der Waals surface area contributed by atoms with E-state index in [9.17, 15) is 13.6 Å². The summed E-state index contributed by atoms with van der Waals surface area (Å²) in [7, 11) is 3.95. The first-order valence-corrected chi connectivity index (χ1v) is 9.38. The summed E-state index contributed by atoms with van der Waals surface area (Å²) in [6.07, 6.45) is 0.119. The molecule has 0 atom stereocenters. The number of ether oxygens (including phenoxy) is 1. The maximum Gasteiger partial charge on any atom is 0.167 e. The first-order valence-electron chi connectivity index (χ1n) is 9.38. The number of ketones is 1. The van der Waals surface area contributed by atoms with Gasteiger partial charge in [0.15, 0.2) is 5.78 Å². The van der Waals surface area contributed by atoms with E-state index in [1.165, 1.54) is 12.1 Å². The molecule has 0 unspecified atom stereocenters. The maximum atomic E-state index is 14.2. The molecule has 0 amide bonds. The van der Waals surface area contributed by atoms with Crippen molar-refractivity contribution in [1.82, 2.24) is 4.90 Å². The van der Waals surface area contributed by atoms with E-state index in [-0.39, 0.29) is 17.8 Å². The number of halogens is 2. The van der Waals surface area contributed by atoms with Crippen LogP contribution in [0.15, 0.2) is 66.7 Å². The Labute approximate surface area is 169 Å². The highest BCUT2D eigenvalue weighted by atomic mass is 19.1. The minimum absolute atomic E-state index is 0.0835. The van der Waals surface area contributed by atoms with Crippen molar-refractivity contribution in [2.45, 2.75) is 6.42 Å². The molecular weight excluding hydrogens is 372 g/mol. The van der Waals surface area contributed by atoms with E-state index in [0.29, 0.717) is 29.0 Å². The van der Waals surface area contributed by atoms with Crippen molar-refractivity contribution in [2.75, 3.05) is 27.2 Å². The largest absolute Gasteiger partial charge is 0.492 e. The van der Waals surface area contributed by atoms with Crippen molar-refractivity contribution in [3.8, 4) is 16.9 Å². The van der Waals surface area contributed by atoms with E-state index < -0.39 is 11.6 Å². The maximum absolute atomic E-state index is 14.2. The summed E-state index contributed by atoms with van der Waals surface area (Å²) >= 11 is 0. The molecule has 29 heavy (non-hydrogen) atoms. The number of rotatable bonds is 8. The Kier molecular flexibility index (Phi) is 6.73. The Morgan fingerprint density at radius 2 is 1.66 bits per heavy atom. The quantitative estimate of drug-likeness (QED) is 0.503. The van der Waals surface area contributed by atoms with Crippen LogP contribution in [0.5, 0.6) is 5.75 Å². The van der Waals surface area contributed by atoms with Crippen molar-refractivity contribution in [3.63, 3.8) is 0 Å². The summed E-state index contributed by atoms with van der Waals surface area (Å²) in [4.78, 5) is 14.8. The van der Waals surface area contributed by atoms with E-state index in [0.717, 1.165) is 12.6 Å². The van der Waals surface area contributed by atoms with Gasteiger partial charge in [0.05, 0.1) is 0 Å². The van der Waals surface area contributed by atoms with Gasteiger partial charge >= 0.3 is 0 Å². The van der Waals surface area contributed by atoms with Crippen molar-refractivity contribution < 1.29 is 18.3 Å². The van der Waals surface area contributed by atoms with Gasteiger partial charge in [-0.25, -0.2) is 8.78 Å². The highest BCUT2D eigenvalue weighted by Gasteiger charge is 2.14. The summed E-state index contributed by atoms with van der Waals surface area (Å²) in [6, 6.07) is 17.6. The van der Waals surface area contributed by atoms with Crippen LogP contribution in [0, 0.1) is 11.6 Å². The molecule has 3 aromatic rings. The van der Waals surface area contributed by atoms with Gasteiger partial charge < -0.3 is 9.64 Å². The second-order valence-electron chi connectivity index (χ2n) is 7.06. The molecule has 0 fully saturated rings. The third-order valence-corrected chi connectivity index (χ3v) is 4.57. The van der Waals surface area contributed by atoms with Gasteiger partial charge in [-0.1, -0.05) is 24.3 Å². The standard InChI is InChI=1S/C24H23F2NO2/c1-27(2)13-14-29-20-10-7-17(8-11-20)24(28)15-18-5-3-4-6-21(18)22-12-9-19(25)16-23(22)26/h3-12,16H,13-15H2,1-2H3. The van der Waals surface area contributed by atoms with Crippen LogP contribution in [0.4, 0.5) is 8.78 Å². The summed E-state index contributed by atoms with van der Waals surface area (Å²) < 4.78 is 33.1. The lowest BCUT2D eigenvalue weighted by molar-refractivity contribution is 0.0993. The molecule has 0 saturated carbocycles. The van der Waals surface area contributed by atoms with Gasteiger partial charge in [0.1, 0.15) is 24.0 Å². The molecule has 0 saturated heterocycles. The lowest BCUT2D eigenvalue weighted by atomic mass is 9.94. The van der Waals surface area contributed by atoms with E-state index in [4.69, 9.17) is 4.74 Å². The van der Waals surface area contributed by atoms with E-state index in [1.54, 1.807) is 48.5 Å². The average molecular weight is 395 g/mol. The van der Waals surface area contributed by atoms with E-state index >= 15 is 0 Å². The van der Waals surface area contributed by atoms with Crippen molar-refractivity contribution in [1.29, 1.82) is 0 Å². The summed E-state index contributed by atoms with van der Waals surface area (Å²) in [5.41, 5.74) is 2.11. The smallest absolute Gasteiger partial charge is 0.167 e. The van der Waals surface area contributed by atoms with Gasteiger partial charge in [0.2, 0.25) is 0 Å². The van der Waals surface area contributed by atoms with Gasteiger partial charge in [-0.3, -0.25) is 4.79 Å². The van der Waals surface area contributed by atoms with Crippen LogP contribution in [0.2, 0.25) is 0 Å². The Bertz CT molecular complexity index is 984. The van der Waals surface area contributed by atoms with Crippen molar-refractivity contribution in [3.05, 3.63) is 89.5 Å². The topological polar surface area (TPSA) is 29.5 Å². The van der Waals surface area contributed by atoms with Gasteiger partial charge in [0.25, 0.3) is 0 Å². The van der Waals surface area contributed by atoms with Crippen LogP contribution >= 0.6 is 0 Å². The molecule has 0 bridgehead atoms. The molecule has 0 radical (unpaired) electrons. The molecule has 0 N–H and O–H groups in total. The summed E-state index contributed by atoms with van der Waals surface area (Å²) in [6.45, 7) is 1.37. The van der Waals surface area contributed by atoms with Crippen molar-refractivity contribution >= 4 is 5.78 Å². The third-order valence-electron chi connectivity index (χ3n) is 4.57. The van der Waals surface area contributed by atoms with Crippen LogP contribution in [-0.4, -0.2) is 37.9 Å². The molecule has 5 heteroatoms. The molecular formula is C24H23F2NO2. The van der Waals surface area contributed by atoms with Crippen LogP contribution in [0.3, 0.4) is 0 Å². The van der Waals surface area contributed by atoms with E-state index in [1.807, 2.05) is 19.0 Å². The second kappa shape index (κ2) is 9.43. The SMILES string of the molecule is CN(C)CCOc1ccc(C(=O)Cc2ccccc2-c2ccc(F)cc2F)cc1. The Morgan fingerprint density at radius 3 is 2.34 bits per heavy atom. The fraction of sp³-hybridized carbons (Fsp3) is 0.208. The zero-order valence-electron chi connectivity index (χ0n) is 16.5. The molecule has 3 nitrogen and oxygen atoms in total. The first kappa shape index (κ1) is 20.7. The molecule has 0 heterocycles. The average Bonchev–Trinajstić information content (AvgIpc) is 2.69. The van der Waals surface area contributed by atoms with Crippen LogP contribution in [0.1, 0.15) is 15.9 Å². The number of carbonyl (C=O) groups excluding carboxylic acids is 1. The van der Waals surface area contributed by atoms with Gasteiger partial charge in [0, 0.05) is 30.2 Å².